The highest BCUT2D eigenvalue weighted by Crippen LogP contribution is 2.24. The number of nitrogens with two attached hydrogens (primary N) is 1. The Morgan fingerprint density at radius 1 is 1.28 bits per heavy atom. The van der Waals surface area contributed by atoms with Crippen molar-refractivity contribution in [3.8, 4) is 5.88 Å². The fraction of sp³-hybridized carbons (Fsp3) is 0.294. The minimum atomic E-state index is -4.29. The summed E-state index contributed by atoms with van der Waals surface area (Å²) in [7, 11) is -2.96. The highest BCUT2D eigenvalue weighted by atomic mass is 32.2. The molecule has 12 heteroatoms. The number of amides is 1. The number of esters is 1. The van der Waals surface area contributed by atoms with E-state index in [1.54, 1.807) is 6.92 Å². The molecule has 2 N–H and O–H groups in total. The maximum absolute atomic E-state index is 13.7. The Morgan fingerprint density at radius 2 is 1.93 bits per heavy atom. The molecule has 0 aliphatic carbocycles. The standard InChI is InChI=1S/C17H19FN4O6S/c1-10-8-14(27-3)21-17(20-10)22(15(9-18)28-11(2)23)16(24)12-6-4-5-7-13(12)29(19,25)26/h4-8,15H,9H2,1-3H3,(H2,19,25,26). The number of nitrogens with zero attached hydrogens (tertiary/aromatic N) is 3. The van der Waals surface area contributed by atoms with Crippen LogP contribution in [0.2, 0.25) is 0 Å². The molecule has 0 aliphatic rings. The Morgan fingerprint density at radius 3 is 2.48 bits per heavy atom. The number of halogens is 1. The Labute approximate surface area is 166 Å². The Bertz CT molecular complexity index is 1030. The van der Waals surface area contributed by atoms with Crippen LogP contribution in [0.5, 0.6) is 5.88 Å². The van der Waals surface area contributed by atoms with E-state index in [0.717, 1.165) is 13.0 Å². The number of aryl methyl sites for hydroxylation is 1. The zero-order valence-corrected chi connectivity index (χ0v) is 16.6. The maximum atomic E-state index is 13.7. The van der Waals surface area contributed by atoms with Crippen molar-refractivity contribution in [2.24, 2.45) is 5.14 Å². The average Bonchev–Trinajstić information content (AvgIpc) is 2.65. The molecule has 1 atom stereocenters. The van der Waals surface area contributed by atoms with Crippen LogP contribution in [0.1, 0.15) is 23.0 Å². The molecule has 0 saturated carbocycles. The van der Waals surface area contributed by atoms with Crippen LogP contribution in [-0.2, 0) is 19.6 Å². The van der Waals surface area contributed by atoms with Gasteiger partial charge in [0, 0.05) is 18.7 Å². The summed E-state index contributed by atoms with van der Waals surface area (Å²) in [5.41, 5.74) is -0.00510. The van der Waals surface area contributed by atoms with E-state index >= 15 is 0 Å². The van der Waals surface area contributed by atoms with Gasteiger partial charge in [-0.2, -0.15) is 4.98 Å². The monoisotopic (exact) mass is 426 g/mol. The maximum Gasteiger partial charge on any atom is 0.304 e. The van der Waals surface area contributed by atoms with Gasteiger partial charge in [0.25, 0.3) is 5.91 Å². The number of aromatic nitrogens is 2. The summed E-state index contributed by atoms with van der Waals surface area (Å²) >= 11 is 0. The van der Waals surface area contributed by atoms with Gasteiger partial charge in [-0.1, -0.05) is 12.1 Å². The number of carbonyl (C=O) groups excluding carboxylic acids is 2. The number of hydrogen-bond donors (Lipinski definition) is 1. The molecule has 0 bridgehead atoms. The largest absolute Gasteiger partial charge is 0.481 e. The van der Waals surface area contributed by atoms with E-state index in [4.69, 9.17) is 14.6 Å². The first-order valence-corrected chi connectivity index (χ1v) is 9.71. The van der Waals surface area contributed by atoms with E-state index in [1.807, 2.05) is 0 Å². The van der Waals surface area contributed by atoms with Crippen molar-refractivity contribution in [1.82, 2.24) is 9.97 Å². The van der Waals surface area contributed by atoms with Gasteiger partial charge >= 0.3 is 5.97 Å². The van der Waals surface area contributed by atoms with Gasteiger partial charge in [0.1, 0.15) is 6.67 Å². The molecule has 0 radical (unpaired) electrons. The van der Waals surface area contributed by atoms with E-state index in [9.17, 15) is 22.4 Å². The van der Waals surface area contributed by atoms with Crippen molar-refractivity contribution in [3.05, 3.63) is 41.6 Å². The SMILES string of the molecule is COc1cc(C)nc(N(C(=O)c2ccccc2S(N)(=O)=O)C(CF)OC(C)=O)n1. The number of primary sulfonamides is 1. The number of carbonyl (C=O) groups is 2. The van der Waals surface area contributed by atoms with Crippen LogP contribution in [-0.4, -0.2) is 50.3 Å². The number of alkyl halides is 1. The summed E-state index contributed by atoms with van der Waals surface area (Å²) in [6.45, 7) is 1.30. The molecule has 29 heavy (non-hydrogen) atoms. The third-order valence-corrected chi connectivity index (χ3v) is 4.58. The Balaban J connectivity index is 2.70. The lowest BCUT2D eigenvalue weighted by Crippen LogP contribution is -2.46. The van der Waals surface area contributed by atoms with Gasteiger partial charge in [0.15, 0.2) is 0 Å². The van der Waals surface area contributed by atoms with Crippen LogP contribution in [0.3, 0.4) is 0 Å². The highest BCUT2D eigenvalue weighted by Gasteiger charge is 2.34. The molecule has 1 amide bonds. The zero-order chi connectivity index (χ0) is 21.8. The zero-order valence-electron chi connectivity index (χ0n) is 15.8. The number of rotatable bonds is 7. The minimum Gasteiger partial charge on any atom is -0.481 e. The van der Waals surface area contributed by atoms with Crippen molar-refractivity contribution in [2.45, 2.75) is 25.0 Å². The molecule has 0 spiro atoms. The predicted molar refractivity (Wildman–Crippen MR) is 99.5 cm³/mol. The van der Waals surface area contributed by atoms with Crippen molar-refractivity contribution in [1.29, 1.82) is 0 Å². The van der Waals surface area contributed by atoms with Gasteiger partial charge in [-0.3, -0.25) is 9.59 Å². The van der Waals surface area contributed by atoms with Gasteiger partial charge in [0.2, 0.25) is 28.1 Å². The van der Waals surface area contributed by atoms with Crippen LogP contribution in [0.25, 0.3) is 0 Å². The number of anilines is 1. The van der Waals surface area contributed by atoms with Crippen molar-refractivity contribution < 1.29 is 31.9 Å². The summed E-state index contributed by atoms with van der Waals surface area (Å²) < 4.78 is 47.4. The quantitative estimate of drug-likeness (QED) is 0.509. The first kappa shape index (κ1) is 22.2. The van der Waals surface area contributed by atoms with Gasteiger partial charge < -0.3 is 9.47 Å². The van der Waals surface area contributed by atoms with Gasteiger partial charge in [-0.05, 0) is 19.1 Å². The van der Waals surface area contributed by atoms with Crippen LogP contribution in [0.15, 0.2) is 35.2 Å². The van der Waals surface area contributed by atoms with Crippen LogP contribution >= 0.6 is 0 Å². The Hall–Kier alpha value is -3.12. The van der Waals surface area contributed by atoms with E-state index in [2.05, 4.69) is 9.97 Å². The second kappa shape index (κ2) is 8.92. The lowest BCUT2D eigenvalue weighted by atomic mass is 10.2. The number of methoxy groups -OCH3 is 1. The third-order valence-electron chi connectivity index (χ3n) is 3.61. The molecule has 1 aromatic heterocycles. The Kier molecular flexibility index (Phi) is 6.82. The molecular formula is C17H19FN4O6S. The summed E-state index contributed by atoms with van der Waals surface area (Å²) in [6, 6.07) is 6.53. The van der Waals surface area contributed by atoms with Crippen LogP contribution in [0, 0.1) is 6.92 Å². The molecule has 10 nitrogen and oxygen atoms in total. The summed E-state index contributed by atoms with van der Waals surface area (Å²) in [5.74, 6) is -2.19. The topological polar surface area (TPSA) is 142 Å². The van der Waals surface area contributed by atoms with E-state index in [1.165, 1.54) is 31.4 Å². The highest BCUT2D eigenvalue weighted by molar-refractivity contribution is 7.89. The first-order chi connectivity index (χ1) is 13.6. The second-order valence-electron chi connectivity index (χ2n) is 5.79. The predicted octanol–water partition coefficient (Wildman–Crippen LogP) is 0.947. The minimum absolute atomic E-state index is 0.0606. The molecular weight excluding hydrogens is 407 g/mol. The lowest BCUT2D eigenvalue weighted by molar-refractivity contribution is -0.146. The van der Waals surface area contributed by atoms with Crippen LogP contribution in [0.4, 0.5) is 10.3 Å². The molecule has 0 saturated heterocycles. The number of sulfonamides is 1. The molecule has 156 valence electrons. The molecule has 1 aromatic carbocycles. The second-order valence-corrected chi connectivity index (χ2v) is 7.32. The first-order valence-electron chi connectivity index (χ1n) is 8.16. The normalized spacial score (nSPS) is 12.2. The van der Waals surface area contributed by atoms with Crippen molar-refractivity contribution >= 4 is 27.8 Å². The fourth-order valence-corrected chi connectivity index (χ4v) is 3.18. The number of ether oxygens (including phenoxy) is 2. The third kappa shape index (κ3) is 5.23. The van der Waals surface area contributed by atoms with Gasteiger partial charge in [-0.15, -0.1) is 0 Å². The fourth-order valence-electron chi connectivity index (χ4n) is 2.45. The van der Waals surface area contributed by atoms with Crippen molar-refractivity contribution in [3.63, 3.8) is 0 Å². The van der Waals surface area contributed by atoms with Gasteiger partial charge in [-0.25, -0.2) is 27.8 Å². The molecule has 1 unspecified atom stereocenters. The van der Waals surface area contributed by atoms with E-state index < -0.39 is 39.7 Å². The smallest absolute Gasteiger partial charge is 0.304 e. The summed E-state index contributed by atoms with van der Waals surface area (Å²) in [6.07, 6.45) is -1.75. The van der Waals surface area contributed by atoms with E-state index in [0.29, 0.717) is 10.6 Å². The molecule has 2 rings (SSSR count). The molecule has 0 aliphatic heterocycles. The molecule has 2 aromatic rings. The summed E-state index contributed by atoms with van der Waals surface area (Å²) in [5, 5.41) is 5.18. The molecule has 0 fully saturated rings. The van der Waals surface area contributed by atoms with Crippen molar-refractivity contribution in [2.75, 3.05) is 18.7 Å². The lowest BCUT2D eigenvalue weighted by Gasteiger charge is -2.28. The van der Waals surface area contributed by atoms with Gasteiger partial charge in [0.05, 0.1) is 17.6 Å². The average molecular weight is 426 g/mol. The number of hydrogen-bond acceptors (Lipinski definition) is 8. The van der Waals surface area contributed by atoms with E-state index in [-0.39, 0.29) is 17.4 Å². The number of benzene rings is 1. The van der Waals surface area contributed by atoms with Crippen LogP contribution < -0.4 is 14.8 Å². The summed E-state index contributed by atoms with van der Waals surface area (Å²) in [4.78, 5) is 32.9. The molecule has 1 heterocycles.